The maximum atomic E-state index is 12.2. The number of carbonyl (C=O) groups is 2. The van der Waals surface area contributed by atoms with Crippen molar-refractivity contribution in [2.45, 2.75) is 6.42 Å². The van der Waals surface area contributed by atoms with E-state index in [1.807, 2.05) is 41.8 Å². The lowest BCUT2D eigenvalue weighted by molar-refractivity contribution is 0.102. The first-order valence-electron chi connectivity index (χ1n) is 10.3. The third kappa shape index (κ3) is 5.32. The fraction of sp³-hybridized carbons (Fsp3) is 0.208. The van der Waals surface area contributed by atoms with Crippen LogP contribution in [0.5, 0.6) is 11.5 Å². The van der Waals surface area contributed by atoms with Crippen LogP contribution >= 0.6 is 11.3 Å². The smallest absolute Gasteiger partial charge is 0.430 e. The van der Waals surface area contributed by atoms with Gasteiger partial charge in [0.2, 0.25) is 0 Å². The van der Waals surface area contributed by atoms with Gasteiger partial charge in [0.15, 0.2) is 11.5 Å². The van der Waals surface area contributed by atoms with Gasteiger partial charge in [-0.05, 0) is 53.8 Å². The molecular weight excluding hydrogens is 442 g/mol. The van der Waals surface area contributed by atoms with Crippen molar-refractivity contribution in [3.63, 3.8) is 0 Å². The minimum atomic E-state index is -0.487. The summed E-state index contributed by atoms with van der Waals surface area (Å²) < 4.78 is 15.9. The van der Waals surface area contributed by atoms with E-state index >= 15 is 0 Å². The number of hydrogen-bond donors (Lipinski definition) is 1. The zero-order valence-electron chi connectivity index (χ0n) is 18.2. The molecule has 4 rings (SSSR count). The summed E-state index contributed by atoms with van der Waals surface area (Å²) >= 11 is 1.39. The SMILES string of the molecule is COc1ccc(C2=NN(CCc3ccc(NC(=O)c4cccs4)cc3)C(=O)OC2)cc1OC. The quantitative estimate of drug-likeness (QED) is 0.532. The van der Waals surface area contributed by atoms with E-state index in [-0.39, 0.29) is 12.5 Å². The molecular formula is C24H23N3O5S. The third-order valence-electron chi connectivity index (χ3n) is 5.07. The molecule has 8 nitrogen and oxygen atoms in total. The molecule has 0 saturated carbocycles. The van der Waals surface area contributed by atoms with Crippen LogP contribution in [0.4, 0.5) is 10.5 Å². The Morgan fingerprint density at radius 3 is 2.61 bits per heavy atom. The number of nitrogens with zero attached hydrogens (tertiary/aromatic N) is 2. The molecule has 0 radical (unpaired) electrons. The maximum Gasteiger partial charge on any atom is 0.430 e. The average Bonchev–Trinajstić information content (AvgIpc) is 3.39. The maximum absolute atomic E-state index is 12.2. The highest BCUT2D eigenvalue weighted by molar-refractivity contribution is 7.12. The molecule has 33 heavy (non-hydrogen) atoms. The Labute approximate surface area is 195 Å². The van der Waals surface area contributed by atoms with Crippen LogP contribution in [0, 0.1) is 0 Å². The number of nitrogens with one attached hydrogen (secondary N) is 1. The Hall–Kier alpha value is -3.85. The molecule has 0 fully saturated rings. The normalized spacial score (nSPS) is 13.2. The van der Waals surface area contributed by atoms with Gasteiger partial charge in [-0.3, -0.25) is 4.79 Å². The summed E-state index contributed by atoms with van der Waals surface area (Å²) in [5, 5.41) is 10.5. The highest BCUT2D eigenvalue weighted by atomic mass is 32.1. The predicted octanol–water partition coefficient (Wildman–Crippen LogP) is 4.42. The van der Waals surface area contributed by atoms with Gasteiger partial charge >= 0.3 is 6.09 Å². The topological polar surface area (TPSA) is 89.5 Å². The molecule has 1 aliphatic rings. The number of anilines is 1. The summed E-state index contributed by atoms with van der Waals surface area (Å²) in [7, 11) is 3.14. The summed E-state index contributed by atoms with van der Waals surface area (Å²) in [5.74, 6) is 1.06. The van der Waals surface area contributed by atoms with Gasteiger partial charge < -0.3 is 19.5 Å². The van der Waals surface area contributed by atoms with Gasteiger partial charge in [-0.15, -0.1) is 11.3 Å². The number of carbonyl (C=O) groups excluding carboxylic acids is 2. The van der Waals surface area contributed by atoms with Crippen LogP contribution in [0.15, 0.2) is 65.1 Å². The molecule has 1 aliphatic heterocycles. The zero-order chi connectivity index (χ0) is 23.2. The molecule has 2 heterocycles. The Bertz CT molecular complexity index is 1160. The molecule has 0 atom stereocenters. The molecule has 0 bridgehead atoms. The molecule has 2 aromatic carbocycles. The number of amides is 2. The molecule has 3 aromatic rings. The molecule has 1 aromatic heterocycles. The number of hydrogen-bond acceptors (Lipinski definition) is 7. The minimum Gasteiger partial charge on any atom is -0.493 e. The second-order valence-electron chi connectivity index (χ2n) is 7.17. The van der Waals surface area contributed by atoms with Crippen molar-refractivity contribution in [1.82, 2.24) is 5.01 Å². The first kappa shape index (κ1) is 22.3. The summed E-state index contributed by atoms with van der Waals surface area (Å²) in [5.41, 5.74) is 3.13. The number of thiophene rings is 1. The average molecular weight is 466 g/mol. The Morgan fingerprint density at radius 1 is 1.12 bits per heavy atom. The number of cyclic esters (lactones) is 1. The van der Waals surface area contributed by atoms with Crippen molar-refractivity contribution < 1.29 is 23.8 Å². The first-order valence-corrected chi connectivity index (χ1v) is 11.1. The second kappa shape index (κ2) is 10.2. The molecule has 1 N–H and O–H groups in total. The molecule has 0 saturated heterocycles. The van der Waals surface area contributed by atoms with E-state index in [0.29, 0.717) is 40.7 Å². The van der Waals surface area contributed by atoms with Gasteiger partial charge in [-0.1, -0.05) is 18.2 Å². The summed E-state index contributed by atoms with van der Waals surface area (Å²) in [6.07, 6.45) is 0.0933. The van der Waals surface area contributed by atoms with Crippen molar-refractivity contribution in [2.75, 3.05) is 32.7 Å². The lowest BCUT2D eigenvalue weighted by atomic mass is 10.1. The van der Waals surface area contributed by atoms with Gasteiger partial charge in [0, 0.05) is 11.3 Å². The zero-order valence-corrected chi connectivity index (χ0v) is 19.1. The number of rotatable bonds is 8. The fourth-order valence-electron chi connectivity index (χ4n) is 3.31. The Balaban J connectivity index is 1.40. The van der Waals surface area contributed by atoms with Gasteiger partial charge in [0.25, 0.3) is 5.91 Å². The highest BCUT2D eigenvalue weighted by Gasteiger charge is 2.23. The first-order chi connectivity index (χ1) is 16.1. The van der Waals surface area contributed by atoms with E-state index < -0.39 is 6.09 Å². The van der Waals surface area contributed by atoms with Crippen LogP contribution in [0.3, 0.4) is 0 Å². The van der Waals surface area contributed by atoms with Crippen LogP contribution in [0.25, 0.3) is 0 Å². The summed E-state index contributed by atoms with van der Waals surface area (Å²) in [4.78, 5) is 25.0. The lowest BCUT2D eigenvalue weighted by Crippen LogP contribution is -2.36. The van der Waals surface area contributed by atoms with E-state index in [4.69, 9.17) is 14.2 Å². The van der Waals surface area contributed by atoms with Crippen molar-refractivity contribution in [3.8, 4) is 11.5 Å². The van der Waals surface area contributed by atoms with Crippen molar-refractivity contribution in [2.24, 2.45) is 5.10 Å². The molecule has 9 heteroatoms. The molecule has 0 aliphatic carbocycles. The second-order valence-corrected chi connectivity index (χ2v) is 8.12. The van der Waals surface area contributed by atoms with Crippen molar-refractivity contribution >= 4 is 34.7 Å². The van der Waals surface area contributed by atoms with E-state index in [2.05, 4.69) is 10.4 Å². The fourth-order valence-corrected chi connectivity index (χ4v) is 3.93. The predicted molar refractivity (Wildman–Crippen MR) is 127 cm³/mol. The number of methoxy groups -OCH3 is 2. The molecule has 0 spiro atoms. The Morgan fingerprint density at radius 2 is 1.91 bits per heavy atom. The van der Waals surface area contributed by atoms with Gasteiger partial charge in [-0.25, -0.2) is 4.79 Å². The minimum absolute atomic E-state index is 0.0868. The third-order valence-corrected chi connectivity index (χ3v) is 5.94. The number of benzene rings is 2. The van der Waals surface area contributed by atoms with E-state index in [1.54, 1.807) is 32.4 Å². The largest absolute Gasteiger partial charge is 0.493 e. The standard InChI is InChI=1S/C24H23N3O5S/c1-30-20-10-7-17(14-21(20)31-2)19-15-32-24(29)27(26-19)12-11-16-5-8-18(9-6-16)25-23(28)22-4-3-13-33-22/h3-10,13-14H,11-12,15H2,1-2H3,(H,25,28). The molecule has 170 valence electrons. The van der Waals surface area contributed by atoms with Gasteiger partial charge in [0.05, 0.1) is 25.6 Å². The van der Waals surface area contributed by atoms with Crippen LogP contribution in [0.1, 0.15) is 20.8 Å². The number of ether oxygens (including phenoxy) is 3. The lowest BCUT2D eigenvalue weighted by Gasteiger charge is -2.24. The van der Waals surface area contributed by atoms with E-state index in [1.165, 1.54) is 16.3 Å². The van der Waals surface area contributed by atoms with Crippen molar-refractivity contribution in [1.29, 1.82) is 0 Å². The van der Waals surface area contributed by atoms with Gasteiger partial charge in [-0.2, -0.15) is 10.1 Å². The van der Waals surface area contributed by atoms with E-state index in [9.17, 15) is 9.59 Å². The van der Waals surface area contributed by atoms with Gasteiger partial charge in [0.1, 0.15) is 12.3 Å². The Kier molecular flexibility index (Phi) is 6.89. The van der Waals surface area contributed by atoms with E-state index in [0.717, 1.165) is 11.1 Å². The molecule has 2 amide bonds. The molecule has 0 unspecified atom stereocenters. The number of hydrazone groups is 1. The van der Waals surface area contributed by atoms with Crippen LogP contribution in [0.2, 0.25) is 0 Å². The van der Waals surface area contributed by atoms with Crippen LogP contribution < -0.4 is 14.8 Å². The summed E-state index contributed by atoms with van der Waals surface area (Å²) in [6.45, 7) is 0.444. The van der Waals surface area contributed by atoms with Crippen LogP contribution in [-0.2, 0) is 11.2 Å². The monoisotopic (exact) mass is 465 g/mol. The highest BCUT2D eigenvalue weighted by Crippen LogP contribution is 2.28. The summed E-state index contributed by atoms with van der Waals surface area (Å²) in [6, 6.07) is 16.6. The van der Waals surface area contributed by atoms with Crippen molar-refractivity contribution in [3.05, 3.63) is 76.0 Å². The van der Waals surface area contributed by atoms with Crippen LogP contribution in [-0.4, -0.2) is 50.1 Å².